The number of likely N-dealkylation sites (N-methyl/N-ethyl adjacent to an activating group) is 1. The van der Waals surface area contributed by atoms with Crippen molar-refractivity contribution < 1.29 is 34.3 Å². The molecule has 10 atom stereocenters. The van der Waals surface area contributed by atoms with E-state index in [-0.39, 0.29) is 24.9 Å². The van der Waals surface area contributed by atoms with Gasteiger partial charge in [-0.3, -0.25) is 9.78 Å². The van der Waals surface area contributed by atoms with Gasteiger partial charge in [-0.05, 0) is 50.6 Å². The highest BCUT2D eigenvalue weighted by Crippen LogP contribution is 2.43. The molecule has 2 aromatic rings. The minimum Gasteiger partial charge on any atom is -0.391 e. The number of aliphatic hydroxyl groups is 3. The molecule has 10 nitrogen and oxygen atoms in total. The van der Waals surface area contributed by atoms with Gasteiger partial charge in [0.25, 0.3) is 0 Å². The standard InChI is InChI=1S/C28H36ClN3O7/c1-4-19-23(34)22(30-3)25-26(24(19)35)38-27-28(36,39-25)20(11-14(2)37-27)32-21(33)12-18-10-7-16(13-31-18)15-5-8-17(29)9-6-15/h5-10,13-14,19-20,22-27,30,34-36H,4,11-12H2,1-3H3,(H,32,33)/t14-,19-,20-,22+,23+,24+,25?,26?,27?,28+/m1/s1. The topological polar surface area (TPSA) is 142 Å². The first-order valence-electron chi connectivity index (χ1n) is 13.4. The van der Waals surface area contributed by atoms with Gasteiger partial charge in [0.05, 0.1) is 36.8 Å². The molecule has 3 unspecified atom stereocenters. The summed E-state index contributed by atoms with van der Waals surface area (Å²) in [6.07, 6.45) is -2.72. The molecule has 0 spiro atoms. The SMILES string of the molecule is CC[C@@H]1[C@H](O)[C@H](NC)C2O[C@]3(O)C(OC2[C@H]1O)O[C@H](C)C[C@H]3NC(=O)Cc1ccc(-c2ccc(Cl)cc2)cn1. The maximum atomic E-state index is 13.1. The number of aromatic nitrogens is 1. The zero-order valence-corrected chi connectivity index (χ0v) is 22.9. The summed E-state index contributed by atoms with van der Waals surface area (Å²) in [5, 5.41) is 40.1. The molecule has 5 rings (SSSR count). The van der Waals surface area contributed by atoms with Crippen molar-refractivity contribution in [1.82, 2.24) is 15.6 Å². The number of benzene rings is 1. The van der Waals surface area contributed by atoms with Crippen LogP contribution in [0.5, 0.6) is 0 Å². The molecule has 1 aliphatic carbocycles. The number of nitrogens with zero attached hydrogens (tertiary/aromatic N) is 1. The molecule has 2 aliphatic heterocycles. The minimum absolute atomic E-state index is 0.00492. The number of amides is 1. The summed E-state index contributed by atoms with van der Waals surface area (Å²) >= 11 is 5.97. The third kappa shape index (κ3) is 5.45. The van der Waals surface area contributed by atoms with Crippen LogP contribution >= 0.6 is 11.6 Å². The van der Waals surface area contributed by atoms with Crippen LogP contribution in [0.2, 0.25) is 5.02 Å². The van der Waals surface area contributed by atoms with Crippen LogP contribution < -0.4 is 10.6 Å². The number of hydrogen-bond acceptors (Lipinski definition) is 9. The molecular formula is C28H36ClN3O7. The third-order valence-electron chi connectivity index (χ3n) is 8.11. The maximum absolute atomic E-state index is 13.1. The second kappa shape index (κ2) is 11.4. The van der Waals surface area contributed by atoms with E-state index in [1.807, 2.05) is 32.0 Å². The van der Waals surface area contributed by atoms with E-state index in [9.17, 15) is 20.1 Å². The van der Waals surface area contributed by atoms with Crippen molar-refractivity contribution in [2.24, 2.45) is 5.92 Å². The second-order valence-corrected chi connectivity index (χ2v) is 11.1. The van der Waals surface area contributed by atoms with Gasteiger partial charge in [-0.25, -0.2) is 0 Å². The average molecular weight is 562 g/mol. The number of carbonyl (C=O) groups is 1. The Labute approximate surface area is 232 Å². The van der Waals surface area contributed by atoms with Crippen molar-refractivity contribution in [2.75, 3.05) is 7.05 Å². The molecule has 1 aromatic carbocycles. The van der Waals surface area contributed by atoms with Crippen molar-refractivity contribution >= 4 is 17.5 Å². The number of nitrogens with one attached hydrogen (secondary N) is 2. The molecule has 5 N–H and O–H groups in total. The normalized spacial score (nSPS) is 38.0. The fraction of sp³-hybridized carbons (Fsp3) is 0.571. The zero-order chi connectivity index (χ0) is 27.9. The van der Waals surface area contributed by atoms with E-state index in [0.717, 1.165) is 11.1 Å². The number of rotatable bonds is 6. The lowest BCUT2D eigenvalue weighted by Crippen LogP contribution is -2.77. The van der Waals surface area contributed by atoms with Gasteiger partial charge in [-0.15, -0.1) is 0 Å². The number of carbonyl (C=O) groups excluding carboxylic acids is 1. The molecule has 0 radical (unpaired) electrons. The van der Waals surface area contributed by atoms with E-state index in [1.54, 1.807) is 31.4 Å². The number of fused-ring (bicyclic) bond motifs is 2. The lowest BCUT2D eigenvalue weighted by atomic mass is 9.74. The van der Waals surface area contributed by atoms with E-state index in [0.29, 0.717) is 17.1 Å². The molecule has 11 heteroatoms. The summed E-state index contributed by atoms with van der Waals surface area (Å²) in [6, 6.07) is 9.62. The number of hydrogen-bond donors (Lipinski definition) is 5. The van der Waals surface area contributed by atoms with E-state index >= 15 is 0 Å². The zero-order valence-electron chi connectivity index (χ0n) is 22.2. The summed E-state index contributed by atoms with van der Waals surface area (Å²) in [5.41, 5.74) is 2.42. The maximum Gasteiger partial charge on any atom is 0.239 e. The van der Waals surface area contributed by atoms with Crippen LogP contribution in [0, 0.1) is 5.92 Å². The number of halogens is 1. The fourth-order valence-electron chi connectivity index (χ4n) is 5.99. The summed E-state index contributed by atoms with van der Waals surface area (Å²) in [7, 11) is 1.68. The molecule has 1 saturated carbocycles. The van der Waals surface area contributed by atoms with E-state index < -0.39 is 54.5 Å². The third-order valence-corrected chi connectivity index (χ3v) is 8.36. The molecule has 2 saturated heterocycles. The predicted octanol–water partition coefficient (Wildman–Crippen LogP) is 1.39. The molecule has 0 bridgehead atoms. The summed E-state index contributed by atoms with van der Waals surface area (Å²) < 4.78 is 18.2. The Morgan fingerprint density at radius 1 is 1.10 bits per heavy atom. The highest BCUT2D eigenvalue weighted by Gasteiger charge is 2.63. The quantitative estimate of drug-likeness (QED) is 0.353. The summed E-state index contributed by atoms with van der Waals surface area (Å²) in [6.45, 7) is 3.70. The number of pyridine rings is 1. The average Bonchev–Trinajstić information content (AvgIpc) is 2.90. The van der Waals surface area contributed by atoms with Gasteiger partial charge in [0, 0.05) is 28.4 Å². The van der Waals surface area contributed by atoms with E-state index in [1.165, 1.54) is 0 Å². The van der Waals surface area contributed by atoms with Crippen LogP contribution in [-0.2, 0) is 25.4 Å². The summed E-state index contributed by atoms with van der Waals surface area (Å²) in [5.74, 6) is -2.81. The van der Waals surface area contributed by atoms with Crippen molar-refractivity contribution in [3.05, 3.63) is 53.3 Å². The monoisotopic (exact) mass is 561 g/mol. The minimum atomic E-state index is -2.03. The smallest absolute Gasteiger partial charge is 0.239 e. The van der Waals surface area contributed by atoms with Gasteiger partial charge in [-0.2, -0.15) is 0 Å². The Balaban J connectivity index is 1.30. The lowest BCUT2D eigenvalue weighted by Gasteiger charge is -2.58. The molecule has 212 valence electrons. The molecule has 3 fully saturated rings. The molecule has 3 heterocycles. The Morgan fingerprint density at radius 3 is 2.46 bits per heavy atom. The lowest BCUT2D eigenvalue weighted by molar-refractivity contribution is -0.450. The van der Waals surface area contributed by atoms with Gasteiger partial charge < -0.3 is 40.2 Å². The van der Waals surface area contributed by atoms with Crippen molar-refractivity contribution in [3.8, 4) is 11.1 Å². The van der Waals surface area contributed by atoms with Crippen LogP contribution in [0.15, 0.2) is 42.6 Å². The molecule has 39 heavy (non-hydrogen) atoms. The Kier molecular flexibility index (Phi) is 8.28. The van der Waals surface area contributed by atoms with Crippen LogP contribution in [0.1, 0.15) is 32.4 Å². The van der Waals surface area contributed by atoms with Gasteiger partial charge in [0.15, 0.2) is 0 Å². The Bertz CT molecular complexity index is 1150. The first kappa shape index (κ1) is 28.4. The second-order valence-electron chi connectivity index (χ2n) is 10.7. The van der Waals surface area contributed by atoms with E-state index in [2.05, 4.69) is 15.6 Å². The van der Waals surface area contributed by atoms with E-state index in [4.69, 9.17) is 25.8 Å². The van der Waals surface area contributed by atoms with Crippen LogP contribution in [0.4, 0.5) is 0 Å². The number of aliphatic hydroxyl groups excluding tert-OH is 2. The highest BCUT2D eigenvalue weighted by atomic mass is 35.5. The molecule has 1 aromatic heterocycles. The largest absolute Gasteiger partial charge is 0.391 e. The van der Waals surface area contributed by atoms with Crippen LogP contribution in [0.25, 0.3) is 11.1 Å². The van der Waals surface area contributed by atoms with Crippen molar-refractivity contribution in [1.29, 1.82) is 0 Å². The molecular weight excluding hydrogens is 526 g/mol. The first-order valence-corrected chi connectivity index (χ1v) is 13.8. The Hall–Kier alpha value is -2.15. The van der Waals surface area contributed by atoms with Crippen molar-refractivity contribution in [2.45, 2.75) is 87.8 Å². The van der Waals surface area contributed by atoms with Gasteiger partial charge in [0.2, 0.25) is 18.0 Å². The van der Waals surface area contributed by atoms with Crippen LogP contribution in [-0.4, -0.2) is 87.9 Å². The van der Waals surface area contributed by atoms with Gasteiger partial charge in [0.1, 0.15) is 12.2 Å². The van der Waals surface area contributed by atoms with Gasteiger partial charge >= 0.3 is 0 Å². The Morgan fingerprint density at radius 2 is 1.82 bits per heavy atom. The highest BCUT2D eigenvalue weighted by molar-refractivity contribution is 6.30. The van der Waals surface area contributed by atoms with Gasteiger partial charge in [-0.1, -0.05) is 36.7 Å². The predicted molar refractivity (Wildman–Crippen MR) is 143 cm³/mol. The molecule has 3 aliphatic rings. The van der Waals surface area contributed by atoms with Crippen LogP contribution in [0.3, 0.4) is 0 Å². The summed E-state index contributed by atoms with van der Waals surface area (Å²) in [4.78, 5) is 17.5. The number of ether oxygens (including phenoxy) is 3. The fourth-order valence-corrected chi connectivity index (χ4v) is 6.12. The van der Waals surface area contributed by atoms with Crippen molar-refractivity contribution in [3.63, 3.8) is 0 Å². The first-order chi connectivity index (χ1) is 18.6. The molecule has 1 amide bonds.